The molecule has 1 aromatic carbocycles. The van der Waals surface area contributed by atoms with Crippen LogP contribution in [0.25, 0.3) is 11.3 Å². The Morgan fingerprint density at radius 1 is 0.912 bits per heavy atom. The van der Waals surface area contributed by atoms with Gasteiger partial charge in [-0.25, -0.2) is 9.37 Å². The van der Waals surface area contributed by atoms with E-state index in [2.05, 4.69) is 31.0 Å². The number of hydrogen-bond acceptors (Lipinski definition) is 3. The van der Waals surface area contributed by atoms with Gasteiger partial charge in [-0.3, -0.25) is 0 Å². The molecule has 4 rings (SSSR count). The number of nitrogens with zero attached hydrogens (tertiary/aromatic N) is 1. The van der Waals surface area contributed by atoms with Gasteiger partial charge in [-0.15, -0.1) is 0 Å². The second kappa shape index (κ2) is 12.7. The Hall–Kier alpha value is -1.94. The van der Waals surface area contributed by atoms with Crippen LogP contribution in [-0.2, 0) is 4.74 Å². The highest BCUT2D eigenvalue weighted by Gasteiger charge is 2.38. The highest BCUT2D eigenvalue weighted by Crippen LogP contribution is 2.38. The number of halogens is 1. The minimum absolute atomic E-state index is 0.138. The van der Waals surface area contributed by atoms with E-state index in [0.29, 0.717) is 30.1 Å². The Morgan fingerprint density at radius 2 is 1.62 bits per heavy atom. The molecule has 0 unspecified atom stereocenters. The average molecular weight is 468 g/mol. The molecular weight excluding hydrogens is 425 g/mol. The van der Waals surface area contributed by atoms with Crippen molar-refractivity contribution in [2.75, 3.05) is 6.61 Å². The van der Waals surface area contributed by atoms with Crippen LogP contribution in [0.1, 0.15) is 102 Å². The molecule has 1 aromatic heterocycles. The molecule has 0 N–H and O–H groups in total. The van der Waals surface area contributed by atoms with Crippen LogP contribution in [0.2, 0.25) is 0 Å². The smallest absolute Gasteiger partial charge is 0.153 e. The van der Waals surface area contributed by atoms with Crippen LogP contribution in [-0.4, -0.2) is 23.8 Å². The topological polar surface area (TPSA) is 34.6 Å². The number of ether oxygens (including phenoxy) is 2. The number of unbranched alkanes of at least 4 members (excludes halogenated alkanes) is 4. The summed E-state index contributed by atoms with van der Waals surface area (Å²) in [6.45, 7) is 4.94. The molecule has 2 fully saturated rings. The number of epoxide rings is 1. The molecule has 1 saturated carbocycles. The van der Waals surface area contributed by atoms with Gasteiger partial charge in [0.2, 0.25) is 0 Å². The summed E-state index contributed by atoms with van der Waals surface area (Å²) < 4.78 is 26.2. The molecule has 2 heterocycles. The van der Waals surface area contributed by atoms with Gasteiger partial charge in [0.25, 0.3) is 0 Å². The van der Waals surface area contributed by atoms with Gasteiger partial charge in [-0.05, 0) is 49.5 Å². The van der Waals surface area contributed by atoms with Crippen molar-refractivity contribution in [1.29, 1.82) is 0 Å². The first kappa shape index (κ1) is 25.2. The first-order valence-corrected chi connectivity index (χ1v) is 13.7. The molecule has 1 saturated heterocycles. The van der Waals surface area contributed by atoms with Crippen molar-refractivity contribution in [3.05, 3.63) is 47.9 Å². The lowest BCUT2D eigenvalue weighted by molar-refractivity contribution is 0.258. The molecular formula is C30H42FNO2. The number of aromatic nitrogens is 1. The van der Waals surface area contributed by atoms with Crippen molar-refractivity contribution in [2.24, 2.45) is 5.92 Å². The maximum atomic E-state index is 14.8. The third-order valence-corrected chi connectivity index (χ3v) is 7.73. The van der Waals surface area contributed by atoms with Gasteiger partial charge in [0.05, 0.1) is 12.3 Å². The molecule has 0 spiro atoms. The Bertz CT molecular complexity index is 876. The van der Waals surface area contributed by atoms with Crippen molar-refractivity contribution < 1.29 is 13.9 Å². The van der Waals surface area contributed by atoms with Crippen LogP contribution in [0.15, 0.2) is 36.5 Å². The fourth-order valence-corrected chi connectivity index (χ4v) is 5.45. The Balaban J connectivity index is 1.25. The second-order valence-electron chi connectivity index (χ2n) is 10.4. The summed E-state index contributed by atoms with van der Waals surface area (Å²) in [5.41, 5.74) is 2.59. The summed E-state index contributed by atoms with van der Waals surface area (Å²) in [7, 11) is 0. The minimum Gasteiger partial charge on any atom is -0.489 e. The van der Waals surface area contributed by atoms with Crippen LogP contribution in [0.3, 0.4) is 0 Å². The van der Waals surface area contributed by atoms with Crippen LogP contribution >= 0.6 is 0 Å². The van der Waals surface area contributed by atoms with Crippen LogP contribution < -0.4 is 4.74 Å². The monoisotopic (exact) mass is 467 g/mol. The Labute approximate surface area is 205 Å². The first-order valence-electron chi connectivity index (χ1n) is 13.7. The van der Waals surface area contributed by atoms with Crippen molar-refractivity contribution in [3.63, 3.8) is 0 Å². The normalized spacial score (nSPS) is 24.2. The van der Waals surface area contributed by atoms with Crippen LogP contribution in [0.4, 0.5) is 4.39 Å². The predicted molar refractivity (Wildman–Crippen MR) is 137 cm³/mol. The van der Waals surface area contributed by atoms with E-state index < -0.39 is 0 Å². The predicted octanol–water partition coefficient (Wildman–Crippen LogP) is 8.47. The van der Waals surface area contributed by atoms with Gasteiger partial charge in [0, 0.05) is 11.6 Å². The average Bonchev–Trinajstić information content (AvgIpc) is 3.62. The fraction of sp³-hybridized carbons (Fsp3) is 0.633. The molecule has 0 amide bonds. The Kier molecular flexibility index (Phi) is 9.38. The summed E-state index contributed by atoms with van der Waals surface area (Å²) in [6, 6.07) is 9.84. The van der Waals surface area contributed by atoms with E-state index in [1.165, 1.54) is 82.3 Å². The summed E-state index contributed by atoms with van der Waals surface area (Å²) in [4.78, 5) is 4.37. The van der Waals surface area contributed by atoms with E-state index in [1.807, 2.05) is 12.1 Å². The van der Waals surface area contributed by atoms with Gasteiger partial charge in [-0.2, -0.15) is 0 Å². The zero-order valence-corrected chi connectivity index (χ0v) is 21.1. The summed E-state index contributed by atoms with van der Waals surface area (Å²) in [5, 5.41) is 0. The fourth-order valence-electron chi connectivity index (χ4n) is 5.45. The largest absolute Gasteiger partial charge is 0.489 e. The quantitative estimate of drug-likeness (QED) is 0.219. The molecule has 0 radical (unpaired) electrons. The van der Waals surface area contributed by atoms with E-state index in [1.54, 1.807) is 6.20 Å². The highest BCUT2D eigenvalue weighted by molar-refractivity contribution is 5.60. The van der Waals surface area contributed by atoms with Gasteiger partial charge < -0.3 is 9.47 Å². The van der Waals surface area contributed by atoms with E-state index in [9.17, 15) is 4.39 Å². The number of pyridine rings is 1. The summed E-state index contributed by atoms with van der Waals surface area (Å²) in [6.07, 6.45) is 17.5. The molecule has 1 aliphatic heterocycles. The molecule has 4 heteroatoms. The minimum atomic E-state index is -0.339. The number of hydrogen-bond donors (Lipinski definition) is 0. The SMILES string of the molecule is CCCCCC1CCC(c2ccc(-c3ncc(OC[C@@H]4O[C@H]4CCCCC)cc3F)cc2)CC1. The van der Waals surface area contributed by atoms with Crippen molar-refractivity contribution in [2.45, 2.75) is 109 Å². The van der Waals surface area contributed by atoms with E-state index in [4.69, 9.17) is 9.47 Å². The number of benzene rings is 1. The molecule has 34 heavy (non-hydrogen) atoms. The third kappa shape index (κ3) is 7.04. The van der Waals surface area contributed by atoms with Gasteiger partial charge in [-0.1, -0.05) is 83.1 Å². The van der Waals surface area contributed by atoms with Crippen molar-refractivity contribution in [1.82, 2.24) is 4.98 Å². The zero-order chi connectivity index (χ0) is 23.8. The first-order chi connectivity index (χ1) is 16.7. The van der Waals surface area contributed by atoms with E-state index in [-0.39, 0.29) is 11.9 Å². The van der Waals surface area contributed by atoms with Crippen molar-refractivity contribution in [3.8, 4) is 17.0 Å². The zero-order valence-electron chi connectivity index (χ0n) is 21.1. The second-order valence-corrected chi connectivity index (χ2v) is 10.4. The molecule has 1 aliphatic carbocycles. The molecule has 2 aliphatic rings. The van der Waals surface area contributed by atoms with Crippen LogP contribution in [0, 0.1) is 11.7 Å². The van der Waals surface area contributed by atoms with Gasteiger partial charge in [0.1, 0.15) is 24.2 Å². The molecule has 2 atom stereocenters. The lowest BCUT2D eigenvalue weighted by atomic mass is 9.77. The highest BCUT2D eigenvalue weighted by atomic mass is 19.1. The lowest BCUT2D eigenvalue weighted by Gasteiger charge is -2.29. The summed E-state index contributed by atoms with van der Waals surface area (Å²) in [5.74, 6) is 1.69. The molecule has 3 nitrogen and oxygen atoms in total. The third-order valence-electron chi connectivity index (χ3n) is 7.73. The number of rotatable bonds is 13. The molecule has 0 bridgehead atoms. The maximum absolute atomic E-state index is 14.8. The standard InChI is InChI=1S/C30H42FNO2/c1-3-5-7-9-22-11-13-23(14-12-22)24-15-17-25(18-16-24)30-27(31)19-26(20-32-30)33-21-29-28(34-29)10-8-6-4-2/h15-20,22-23,28-29H,3-14,21H2,1-2H3/t22?,23?,28-,29-/m0/s1. The van der Waals surface area contributed by atoms with Crippen molar-refractivity contribution >= 4 is 0 Å². The van der Waals surface area contributed by atoms with Gasteiger partial charge >= 0.3 is 0 Å². The lowest BCUT2D eigenvalue weighted by Crippen LogP contribution is -2.13. The maximum Gasteiger partial charge on any atom is 0.153 e. The van der Waals surface area contributed by atoms with E-state index >= 15 is 0 Å². The van der Waals surface area contributed by atoms with Crippen LogP contribution in [0.5, 0.6) is 5.75 Å². The Morgan fingerprint density at radius 3 is 2.29 bits per heavy atom. The molecule has 2 aromatic rings. The molecule has 186 valence electrons. The van der Waals surface area contributed by atoms with Gasteiger partial charge in [0.15, 0.2) is 5.82 Å². The van der Waals surface area contributed by atoms with E-state index in [0.717, 1.165) is 17.9 Å². The summed E-state index contributed by atoms with van der Waals surface area (Å²) >= 11 is 0.